The Morgan fingerprint density at radius 2 is 1.22 bits per heavy atom. The number of hydrogen-bond donors (Lipinski definition) is 6. The zero-order valence-corrected chi connectivity index (χ0v) is 19.0. The van der Waals surface area contributed by atoms with E-state index in [0.29, 0.717) is 24.3 Å². The molecule has 0 heterocycles. The lowest BCUT2D eigenvalue weighted by Gasteiger charge is -2.46. The second-order valence-corrected chi connectivity index (χ2v) is 8.82. The Balaban J connectivity index is 2.72. The highest BCUT2D eigenvalue weighted by Gasteiger charge is 2.55. The van der Waals surface area contributed by atoms with Crippen LogP contribution in [0, 0.1) is 34.9 Å². The molecule has 0 saturated carbocycles. The Labute approximate surface area is 202 Å². The van der Waals surface area contributed by atoms with E-state index >= 15 is 0 Å². The zero-order chi connectivity index (χ0) is 27.6. The molecule has 6 nitrogen and oxygen atoms in total. The fourth-order valence-electron chi connectivity index (χ4n) is 4.09. The SMILES string of the molecule is C=C(C)CC(O)(Cc1c(F)ccc(F)c1F)[C@@H](O)[C@@](O)(Cc1c(F)ccc(F)c1F)[C@H](O)[C@@H](O)CO. The average molecular weight is 524 g/mol. The van der Waals surface area contributed by atoms with Gasteiger partial charge in [0, 0.05) is 24.0 Å². The lowest BCUT2D eigenvalue weighted by Crippen LogP contribution is -2.66. The number of aliphatic hydroxyl groups is 6. The molecule has 0 saturated heterocycles. The molecule has 2 aromatic carbocycles. The molecular formula is C24H26F6O6. The third-order valence-electron chi connectivity index (χ3n) is 5.87. The minimum Gasteiger partial charge on any atom is -0.394 e. The van der Waals surface area contributed by atoms with Crippen LogP contribution in [0.5, 0.6) is 0 Å². The molecule has 5 atom stereocenters. The molecule has 6 N–H and O–H groups in total. The first kappa shape index (κ1) is 29.7. The maximum absolute atomic E-state index is 14.4. The fourth-order valence-corrected chi connectivity index (χ4v) is 4.09. The van der Waals surface area contributed by atoms with Crippen molar-refractivity contribution < 1.29 is 57.0 Å². The third kappa shape index (κ3) is 5.90. The van der Waals surface area contributed by atoms with E-state index in [4.69, 9.17) is 0 Å². The first-order valence-electron chi connectivity index (χ1n) is 10.6. The molecule has 2 rings (SSSR count). The van der Waals surface area contributed by atoms with Crippen molar-refractivity contribution in [3.05, 3.63) is 82.4 Å². The van der Waals surface area contributed by atoms with Crippen molar-refractivity contribution in [2.75, 3.05) is 6.61 Å². The zero-order valence-electron chi connectivity index (χ0n) is 19.0. The normalized spacial score (nSPS) is 17.7. The summed E-state index contributed by atoms with van der Waals surface area (Å²) in [6, 6.07) is 1.85. The van der Waals surface area contributed by atoms with Crippen LogP contribution in [0.1, 0.15) is 24.5 Å². The van der Waals surface area contributed by atoms with Crippen molar-refractivity contribution in [2.24, 2.45) is 0 Å². The molecule has 0 spiro atoms. The van der Waals surface area contributed by atoms with Gasteiger partial charge in [-0.3, -0.25) is 0 Å². The number of rotatable bonds is 11. The van der Waals surface area contributed by atoms with Crippen molar-refractivity contribution in [2.45, 2.75) is 55.7 Å². The largest absolute Gasteiger partial charge is 0.394 e. The van der Waals surface area contributed by atoms with Crippen LogP contribution in [0.15, 0.2) is 36.4 Å². The summed E-state index contributed by atoms with van der Waals surface area (Å²) in [5.74, 6) is -9.49. The topological polar surface area (TPSA) is 121 Å². The molecule has 0 aromatic heterocycles. The van der Waals surface area contributed by atoms with Crippen LogP contribution in [-0.4, -0.2) is 66.8 Å². The first-order valence-corrected chi connectivity index (χ1v) is 10.6. The molecular weight excluding hydrogens is 498 g/mol. The van der Waals surface area contributed by atoms with Crippen LogP contribution in [0.2, 0.25) is 0 Å². The molecule has 0 aliphatic carbocycles. The third-order valence-corrected chi connectivity index (χ3v) is 5.87. The Morgan fingerprint density at radius 3 is 1.64 bits per heavy atom. The monoisotopic (exact) mass is 524 g/mol. The van der Waals surface area contributed by atoms with Gasteiger partial charge in [-0.15, -0.1) is 6.58 Å². The molecule has 12 heteroatoms. The van der Waals surface area contributed by atoms with Gasteiger partial charge in [-0.05, 0) is 37.6 Å². The van der Waals surface area contributed by atoms with Gasteiger partial charge in [0.25, 0.3) is 0 Å². The quantitative estimate of drug-likeness (QED) is 0.152. The van der Waals surface area contributed by atoms with E-state index in [9.17, 15) is 57.0 Å². The van der Waals surface area contributed by atoms with Crippen molar-refractivity contribution in [1.29, 1.82) is 0 Å². The standard InChI is InChI=1S/C24H26F6O6/c1-11(2)7-23(35,8-12-14(25)3-5-16(27)19(12)29)22(34)24(36,21(33)18(32)10-31)9-13-15(26)4-6-17(28)20(13)30/h3-6,18,21-22,31-36H,1,7-10H2,2H3/t18-,21+,22+,23?,24+/m0/s1. The van der Waals surface area contributed by atoms with Gasteiger partial charge in [0.2, 0.25) is 0 Å². The number of aliphatic hydroxyl groups excluding tert-OH is 4. The minimum absolute atomic E-state index is 0.0384. The van der Waals surface area contributed by atoms with Crippen LogP contribution in [0.3, 0.4) is 0 Å². The van der Waals surface area contributed by atoms with E-state index in [-0.39, 0.29) is 5.57 Å². The highest BCUT2D eigenvalue weighted by Crippen LogP contribution is 2.37. The lowest BCUT2D eigenvalue weighted by molar-refractivity contribution is -0.229. The van der Waals surface area contributed by atoms with Gasteiger partial charge in [0.05, 0.1) is 6.61 Å². The number of hydrogen-bond acceptors (Lipinski definition) is 6. The second-order valence-electron chi connectivity index (χ2n) is 8.82. The van der Waals surface area contributed by atoms with Crippen molar-refractivity contribution in [3.8, 4) is 0 Å². The van der Waals surface area contributed by atoms with Crippen molar-refractivity contribution >= 4 is 0 Å². The summed E-state index contributed by atoms with van der Waals surface area (Å²) in [6.45, 7) is 3.53. The van der Waals surface area contributed by atoms with Gasteiger partial charge in [0.15, 0.2) is 23.3 Å². The van der Waals surface area contributed by atoms with E-state index in [1.165, 1.54) is 6.92 Å². The van der Waals surface area contributed by atoms with E-state index in [1.54, 1.807) is 0 Å². The summed E-state index contributed by atoms with van der Waals surface area (Å²) < 4.78 is 85.0. The predicted molar refractivity (Wildman–Crippen MR) is 114 cm³/mol. The molecule has 0 amide bonds. The summed E-state index contributed by atoms with van der Waals surface area (Å²) in [4.78, 5) is 0. The van der Waals surface area contributed by atoms with Crippen LogP contribution in [0.4, 0.5) is 26.3 Å². The Kier molecular flexibility index (Phi) is 9.32. The van der Waals surface area contributed by atoms with Gasteiger partial charge in [-0.2, -0.15) is 0 Å². The van der Waals surface area contributed by atoms with Crippen LogP contribution < -0.4 is 0 Å². The lowest BCUT2D eigenvalue weighted by atomic mass is 9.71. The minimum atomic E-state index is -3.37. The second kappa shape index (κ2) is 11.3. The predicted octanol–water partition coefficient (Wildman–Crippen LogP) is 1.81. The molecule has 0 radical (unpaired) electrons. The molecule has 200 valence electrons. The van der Waals surface area contributed by atoms with E-state index in [0.717, 1.165) is 0 Å². The van der Waals surface area contributed by atoms with Gasteiger partial charge in [0.1, 0.15) is 41.1 Å². The highest BCUT2D eigenvalue weighted by atomic mass is 19.2. The summed E-state index contributed by atoms with van der Waals surface area (Å²) in [5, 5.41) is 63.4. The Bertz CT molecular complexity index is 1110. The summed E-state index contributed by atoms with van der Waals surface area (Å²) in [6.07, 6.45) is -11.2. The van der Waals surface area contributed by atoms with Crippen LogP contribution in [0.25, 0.3) is 0 Å². The first-order chi connectivity index (χ1) is 16.6. The van der Waals surface area contributed by atoms with Gasteiger partial charge >= 0.3 is 0 Å². The maximum Gasteiger partial charge on any atom is 0.165 e. The van der Waals surface area contributed by atoms with Crippen LogP contribution in [-0.2, 0) is 12.8 Å². The molecule has 0 aliphatic heterocycles. The molecule has 0 aliphatic rings. The van der Waals surface area contributed by atoms with Crippen molar-refractivity contribution in [1.82, 2.24) is 0 Å². The van der Waals surface area contributed by atoms with Gasteiger partial charge in [-0.25, -0.2) is 26.3 Å². The van der Waals surface area contributed by atoms with Gasteiger partial charge in [-0.1, -0.05) is 5.57 Å². The molecule has 1 unspecified atom stereocenters. The van der Waals surface area contributed by atoms with Crippen LogP contribution >= 0.6 is 0 Å². The van der Waals surface area contributed by atoms with E-state index in [2.05, 4.69) is 6.58 Å². The fraction of sp³-hybridized carbons (Fsp3) is 0.417. The summed E-state index contributed by atoms with van der Waals surface area (Å²) in [5.41, 5.74) is -8.55. The smallest absolute Gasteiger partial charge is 0.165 e. The molecule has 0 fully saturated rings. The average Bonchev–Trinajstić information content (AvgIpc) is 2.82. The number of halogens is 6. The number of benzene rings is 2. The van der Waals surface area contributed by atoms with E-state index in [1.807, 2.05) is 0 Å². The molecule has 0 bridgehead atoms. The van der Waals surface area contributed by atoms with Gasteiger partial charge < -0.3 is 30.6 Å². The molecule has 36 heavy (non-hydrogen) atoms. The van der Waals surface area contributed by atoms with E-state index < -0.39 is 101 Å². The molecule has 2 aromatic rings. The highest BCUT2D eigenvalue weighted by molar-refractivity contribution is 5.28. The maximum atomic E-state index is 14.4. The Hall–Kier alpha value is -2.48. The van der Waals surface area contributed by atoms with Crippen molar-refractivity contribution in [3.63, 3.8) is 0 Å². The summed E-state index contributed by atoms with van der Waals surface area (Å²) >= 11 is 0. The summed E-state index contributed by atoms with van der Waals surface area (Å²) in [7, 11) is 0. The Morgan fingerprint density at radius 1 is 0.806 bits per heavy atom.